The van der Waals surface area contributed by atoms with Gasteiger partial charge in [0.05, 0.1) is 0 Å². The van der Waals surface area contributed by atoms with Crippen LogP contribution in [0.1, 0.15) is 33.4 Å². The fourth-order valence-electron chi connectivity index (χ4n) is 2.73. The van der Waals surface area contributed by atoms with Crippen LogP contribution >= 0.6 is 0 Å². The second kappa shape index (κ2) is 5.05. The van der Waals surface area contributed by atoms with E-state index in [1.54, 1.807) is 25.1 Å². The molecule has 1 atom stereocenters. The molecule has 3 rings (SSSR count). The molecule has 1 aliphatic rings. The van der Waals surface area contributed by atoms with E-state index in [1.165, 1.54) is 4.90 Å². The second-order valence-electron chi connectivity index (χ2n) is 5.12. The van der Waals surface area contributed by atoms with Crippen LogP contribution in [0.15, 0.2) is 30.3 Å². The highest BCUT2D eigenvalue weighted by Gasteiger charge is 2.36. The minimum absolute atomic E-state index is 0.248. The Morgan fingerprint density at radius 2 is 2.14 bits per heavy atom. The maximum Gasteiger partial charge on any atom is 0.331 e. The molecule has 1 aliphatic heterocycles. The van der Waals surface area contributed by atoms with Crippen molar-refractivity contribution in [1.29, 1.82) is 0 Å². The minimum Gasteiger partial charge on any atom is -0.479 e. The molecular formula is C15H15N3O3. The number of rotatable bonds is 2. The quantitative estimate of drug-likeness (QED) is 0.876. The van der Waals surface area contributed by atoms with Gasteiger partial charge in [0.2, 0.25) is 0 Å². The van der Waals surface area contributed by atoms with E-state index in [0.717, 1.165) is 11.3 Å². The van der Waals surface area contributed by atoms with E-state index in [9.17, 15) is 14.7 Å². The third kappa shape index (κ3) is 2.29. The van der Waals surface area contributed by atoms with Gasteiger partial charge in [-0.2, -0.15) is 5.10 Å². The highest BCUT2D eigenvalue weighted by atomic mass is 16.4. The molecule has 2 N–H and O–H groups in total. The largest absolute Gasteiger partial charge is 0.479 e. The third-order valence-electron chi connectivity index (χ3n) is 3.70. The lowest BCUT2D eigenvalue weighted by Crippen LogP contribution is -2.43. The normalized spacial score (nSPS) is 17.4. The molecule has 0 saturated heterocycles. The summed E-state index contributed by atoms with van der Waals surface area (Å²) in [7, 11) is 0. The van der Waals surface area contributed by atoms with E-state index in [-0.39, 0.29) is 11.6 Å². The topological polar surface area (TPSA) is 86.3 Å². The Kier molecular flexibility index (Phi) is 3.21. The fourth-order valence-corrected chi connectivity index (χ4v) is 2.73. The Morgan fingerprint density at radius 1 is 1.38 bits per heavy atom. The van der Waals surface area contributed by atoms with Crippen LogP contribution in [0.2, 0.25) is 0 Å². The van der Waals surface area contributed by atoms with Crippen molar-refractivity contribution in [2.75, 3.05) is 6.54 Å². The molecular weight excluding hydrogens is 270 g/mol. The average molecular weight is 285 g/mol. The fraction of sp³-hybridized carbons (Fsp3) is 0.267. The average Bonchev–Trinajstić information content (AvgIpc) is 2.91. The number of benzene rings is 1. The van der Waals surface area contributed by atoms with Gasteiger partial charge in [-0.25, -0.2) is 4.79 Å². The lowest BCUT2D eigenvalue weighted by molar-refractivity contribution is -0.143. The molecule has 0 saturated carbocycles. The summed E-state index contributed by atoms with van der Waals surface area (Å²) >= 11 is 0. The van der Waals surface area contributed by atoms with Gasteiger partial charge in [-0.1, -0.05) is 24.3 Å². The summed E-state index contributed by atoms with van der Waals surface area (Å²) in [5.41, 5.74) is 2.67. The summed E-state index contributed by atoms with van der Waals surface area (Å²) in [4.78, 5) is 25.5. The summed E-state index contributed by atoms with van der Waals surface area (Å²) < 4.78 is 0. The Bertz CT molecular complexity index is 708. The van der Waals surface area contributed by atoms with Crippen molar-refractivity contribution in [2.24, 2.45) is 0 Å². The van der Waals surface area contributed by atoms with E-state index < -0.39 is 12.0 Å². The number of aliphatic carboxylic acids is 1. The highest BCUT2D eigenvalue weighted by molar-refractivity contribution is 5.95. The number of carbonyl (C=O) groups excluding carboxylic acids is 1. The number of amides is 1. The summed E-state index contributed by atoms with van der Waals surface area (Å²) in [5.74, 6) is -1.39. The number of H-pyrrole nitrogens is 1. The zero-order valence-corrected chi connectivity index (χ0v) is 11.5. The summed E-state index contributed by atoms with van der Waals surface area (Å²) in [6, 6.07) is 8.02. The van der Waals surface area contributed by atoms with Crippen LogP contribution in [0.25, 0.3) is 0 Å². The summed E-state index contributed by atoms with van der Waals surface area (Å²) in [6.07, 6.45) is 0.648. The predicted molar refractivity (Wildman–Crippen MR) is 74.9 cm³/mol. The van der Waals surface area contributed by atoms with E-state index in [4.69, 9.17) is 0 Å². The Balaban J connectivity index is 1.99. The lowest BCUT2D eigenvalue weighted by atomic mass is 9.92. The molecule has 0 fully saturated rings. The van der Waals surface area contributed by atoms with Crippen molar-refractivity contribution < 1.29 is 14.7 Å². The molecule has 1 aromatic carbocycles. The molecule has 0 radical (unpaired) electrons. The summed E-state index contributed by atoms with van der Waals surface area (Å²) in [5, 5.41) is 16.2. The Morgan fingerprint density at radius 3 is 2.81 bits per heavy atom. The first kappa shape index (κ1) is 13.4. The maximum atomic E-state index is 12.5. The van der Waals surface area contributed by atoms with Gasteiger partial charge >= 0.3 is 5.97 Å². The monoisotopic (exact) mass is 285 g/mol. The molecule has 6 nitrogen and oxygen atoms in total. The first-order chi connectivity index (χ1) is 10.1. The van der Waals surface area contributed by atoms with Gasteiger partial charge in [-0.15, -0.1) is 0 Å². The molecule has 0 spiro atoms. The number of fused-ring (bicyclic) bond motifs is 1. The number of aromatic amines is 1. The van der Waals surface area contributed by atoms with Crippen LogP contribution in [0.4, 0.5) is 0 Å². The zero-order chi connectivity index (χ0) is 15.0. The van der Waals surface area contributed by atoms with Gasteiger partial charge in [0.1, 0.15) is 5.69 Å². The first-order valence-electron chi connectivity index (χ1n) is 6.71. The Hall–Kier alpha value is -2.63. The summed E-state index contributed by atoms with van der Waals surface area (Å²) in [6.45, 7) is 2.17. The maximum absolute atomic E-state index is 12.5. The first-order valence-corrected chi connectivity index (χ1v) is 6.71. The van der Waals surface area contributed by atoms with E-state index in [0.29, 0.717) is 18.5 Å². The van der Waals surface area contributed by atoms with Gasteiger partial charge in [0.15, 0.2) is 6.04 Å². The molecule has 2 heterocycles. The molecule has 2 aromatic rings. The van der Waals surface area contributed by atoms with Crippen molar-refractivity contribution in [3.63, 3.8) is 0 Å². The molecule has 21 heavy (non-hydrogen) atoms. The van der Waals surface area contributed by atoms with Crippen molar-refractivity contribution in [3.8, 4) is 0 Å². The Labute approximate surface area is 121 Å². The van der Waals surface area contributed by atoms with E-state index in [2.05, 4.69) is 10.2 Å². The smallest absolute Gasteiger partial charge is 0.331 e. The van der Waals surface area contributed by atoms with E-state index >= 15 is 0 Å². The minimum atomic E-state index is -1.03. The van der Waals surface area contributed by atoms with Crippen molar-refractivity contribution >= 4 is 11.9 Å². The number of hydrogen-bond donors (Lipinski definition) is 2. The van der Waals surface area contributed by atoms with E-state index in [1.807, 2.05) is 12.1 Å². The molecule has 108 valence electrons. The zero-order valence-electron chi connectivity index (χ0n) is 11.5. The second-order valence-corrected chi connectivity index (χ2v) is 5.12. The number of aryl methyl sites for hydroxylation is 1. The van der Waals surface area contributed by atoms with Gasteiger partial charge in [0, 0.05) is 12.2 Å². The molecule has 0 bridgehead atoms. The molecule has 1 aromatic heterocycles. The molecule has 0 aliphatic carbocycles. The van der Waals surface area contributed by atoms with Crippen LogP contribution in [-0.4, -0.2) is 38.6 Å². The van der Waals surface area contributed by atoms with Crippen molar-refractivity contribution in [1.82, 2.24) is 15.1 Å². The van der Waals surface area contributed by atoms with Gasteiger partial charge in [-0.3, -0.25) is 9.89 Å². The third-order valence-corrected chi connectivity index (χ3v) is 3.70. The van der Waals surface area contributed by atoms with Crippen LogP contribution in [-0.2, 0) is 11.2 Å². The molecule has 1 amide bonds. The number of carbonyl (C=O) groups is 2. The number of hydrogen-bond acceptors (Lipinski definition) is 3. The standard InChI is InChI=1S/C15H15N3O3/c1-9-8-12(17-16-9)14(19)18-7-6-10-4-2-3-5-11(10)13(18)15(20)21/h2-5,8,13H,6-7H2,1H3,(H,16,17)(H,20,21). The number of carboxylic acids is 1. The molecule has 6 heteroatoms. The van der Waals surface area contributed by atoms with Crippen LogP contribution in [0.5, 0.6) is 0 Å². The van der Waals surface area contributed by atoms with Crippen LogP contribution < -0.4 is 0 Å². The SMILES string of the molecule is Cc1cc(C(=O)N2CCc3ccccc3C2C(=O)O)n[nH]1. The number of nitrogens with one attached hydrogen (secondary N) is 1. The predicted octanol–water partition coefficient (Wildman–Crippen LogP) is 1.54. The van der Waals surface area contributed by atoms with Gasteiger partial charge in [-0.05, 0) is 30.5 Å². The van der Waals surface area contributed by atoms with Crippen LogP contribution in [0.3, 0.4) is 0 Å². The van der Waals surface area contributed by atoms with Gasteiger partial charge in [0.25, 0.3) is 5.91 Å². The van der Waals surface area contributed by atoms with Crippen molar-refractivity contribution in [2.45, 2.75) is 19.4 Å². The molecule has 1 unspecified atom stereocenters. The van der Waals surface area contributed by atoms with Crippen LogP contribution in [0, 0.1) is 6.92 Å². The van der Waals surface area contributed by atoms with Gasteiger partial charge < -0.3 is 10.0 Å². The van der Waals surface area contributed by atoms with Crippen molar-refractivity contribution in [3.05, 3.63) is 52.8 Å². The number of carboxylic acid groups (broad SMARTS) is 1. The highest BCUT2D eigenvalue weighted by Crippen LogP contribution is 2.30. The number of aromatic nitrogens is 2. The number of nitrogens with zero attached hydrogens (tertiary/aromatic N) is 2. The lowest BCUT2D eigenvalue weighted by Gasteiger charge is -2.34.